The summed E-state index contributed by atoms with van der Waals surface area (Å²) >= 11 is -2.25. The molecule has 0 radical (unpaired) electrons. The van der Waals surface area contributed by atoms with Gasteiger partial charge in [-0.25, -0.2) is 0 Å². The summed E-state index contributed by atoms with van der Waals surface area (Å²) in [5.41, 5.74) is 0. The van der Waals surface area contributed by atoms with Crippen molar-refractivity contribution in [3.8, 4) is 0 Å². The first kappa shape index (κ1) is 19.1. The Labute approximate surface area is 136 Å². The van der Waals surface area contributed by atoms with E-state index >= 15 is 0 Å². The Balaban J connectivity index is 2.97. The van der Waals surface area contributed by atoms with Gasteiger partial charge < -0.3 is 0 Å². The van der Waals surface area contributed by atoms with Crippen LogP contribution < -0.4 is 3.71 Å². The Hall–Kier alpha value is 0.00870. The second kappa shape index (κ2) is 10.7. The van der Waals surface area contributed by atoms with Crippen LogP contribution in [-0.4, -0.2) is 27.9 Å². The van der Waals surface area contributed by atoms with Crippen LogP contribution in [0, 0.1) is 0 Å². The van der Waals surface area contributed by atoms with E-state index in [0.29, 0.717) is 0 Å². The third-order valence-corrected chi connectivity index (χ3v) is 19.7. The number of aryl methyl sites for hydroxylation is 1. The van der Waals surface area contributed by atoms with Crippen molar-refractivity contribution in [3.05, 3.63) is 12.5 Å². The zero-order valence-corrected chi connectivity index (χ0v) is 17.7. The first-order valence-corrected chi connectivity index (χ1v) is 16.7. The van der Waals surface area contributed by atoms with Crippen molar-refractivity contribution in [2.75, 3.05) is 0 Å². The zero-order valence-electron chi connectivity index (χ0n) is 14.8. The number of unbranched alkanes of at least 4 members (excludes halogenated alkanes) is 3. The van der Waals surface area contributed by atoms with E-state index in [2.05, 4.69) is 44.8 Å². The average Bonchev–Trinajstić information content (AvgIpc) is 2.96. The summed E-state index contributed by atoms with van der Waals surface area (Å²) in [6.45, 7) is 10.4. The third-order valence-electron chi connectivity index (χ3n) is 4.69. The molecule has 0 unspecified atom stereocenters. The van der Waals surface area contributed by atoms with E-state index in [1.165, 1.54) is 58.3 Å². The van der Waals surface area contributed by atoms with Gasteiger partial charge in [0.2, 0.25) is 0 Å². The standard InChI is InChI=1S/C6H9N2.3C4H9.Sn/c1-2-4-8-5-3-7-6-8;3*1-3-4-2;/h5-6H,2,4H2,1H3;3*1,3-4H2,2H3;. The van der Waals surface area contributed by atoms with Gasteiger partial charge in [0, 0.05) is 0 Å². The molecule has 122 valence electrons. The fourth-order valence-electron chi connectivity index (χ4n) is 3.32. The van der Waals surface area contributed by atoms with Crippen molar-refractivity contribution >= 4 is 22.1 Å². The molecular weight excluding hydrogens is 363 g/mol. The van der Waals surface area contributed by atoms with Gasteiger partial charge in [0.1, 0.15) is 0 Å². The molecule has 0 aromatic carbocycles. The van der Waals surface area contributed by atoms with Gasteiger partial charge in [-0.15, -0.1) is 0 Å². The molecule has 21 heavy (non-hydrogen) atoms. The predicted molar refractivity (Wildman–Crippen MR) is 97.1 cm³/mol. The minimum atomic E-state index is -2.25. The number of nitrogens with zero attached hydrogens (tertiary/aromatic N) is 2. The van der Waals surface area contributed by atoms with Crippen molar-refractivity contribution in [3.63, 3.8) is 0 Å². The molecular formula is C18H36N2Sn. The summed E-state index contributed by atoms with van der Waals surface area (Å²) in [6.07, 6.45) is 14.0. The van der Waals surface area contributed by atoms with E-state index in [4.69, 9.17) is 4.98 Å². The second-order valence-corrected chi connectivity index (χ2v) is 19.6. The van der Waals surface area contributed by atoms with Gasteiger partial charge in [-0.2, -0.15) is 0 Å². The normalized spacial score (nSPS) is 12.0. The van der Waals surface area contributed by atoms with Crippen LogP contribution in [0.15, 0.2) is 12.5 Å². The van der Waals surface area contributed by atoms with Crippen LogP contribution in [0.2, 0.25) is 13.3 Å². The quantitative estimate of drug-likeness (QED) is 0.434. The molecule has 1 aromatic rings. The average molecular weight is 399 g/mol. The summed E-state index contributed by atoms with van der Waals surface area (Å²) in [5, 5.41) is 0. The maximum atomic E-state index is 4.92. The fraction of sp³-hybridized carbons (Fsp3) is 0.833. The van der Waals surface area contributed by atoms with Crippen molar-refractivity contribution in [2.24, 2.45) is 0 Å². The molecule has 0 atom stereocenters. The molecule has 0 spiro atoms. The van der Waals surface area contributed by atoms with Gasteiger partial charge in [-0.1, -0.05) is 0 Å². The molecule has 0 N–H and O–H groups in total. The predicted octanol–water partition coefficient (Wildman–Crippen LogP) is 5.35. The zero-order chi connectivity index (χ0) is 15.6. The number of hydrogen-bond donors (Lipinski definition) is 0. The first-order chi connectivity index (χ1) is 10.2. The minimum absolute atomic E-state index is 1.13. The van der Waals surface area contributed by atoms with Crippen LogP contribution in [0.5, 0.6) is 0 Å². The molecule has 0 bridgehead atoms. The van der Waals surface area contributed by atoms with E-state index in [9.17, 15) is 0 Å². The summed E-state index contributed by atoms with van der Waals surface area (Å²) in [4.78, 5) is 4.92. The Morgan fingerprint density at radius 1 is 0.857 bits per heavy atom. The van der Waals surface area contributed by atoms with Gasteiger partial charge in [0.15, 0.2) is 0 Å². The Kier molecular flexibility index (Phi) is 9.70. The van der Waals surface area contributed by atoms with Crippen LogP contribution in [0.25, 0.3) is 0 Å². The van der Waals surface area contributed by atoms with Crippen molar-refractivity contribution < 1.29 is 0 Å². The molecule has 0 amide bonds. The monoisotopic (exact) mass is 400 g/mol. The van der Waals surface area contributed by atoms with Crippen molar-refractivity contribution in [1.29, 1.82) is 0 Å². The number of aromatic nitrogens is 2. The van der Waals surface area contributed by atoms with E-state index in [1.807, 2.05) is 0 Å². The Morgan fingerprint density at radius 3 is 1.81 bits per heavy atom. The molecule has 3 heteroatoms. The first-order valence-electron chi connectivity index (χ1n) is 9.24. The Bertz CT molecular complexity index is 351. The van der Waals surface area contributed by atoms with Gasteiger partial charge in [-0.3, -0.25) is 0 Å². The summed E-state index contributed by atoms with van der Waals surface area (Å²) < 4.78 is 8.48. The number of hydrogen-bond acceptors (Lipinski definition) is 1. The number of rotatable bonds is 12. The molecule has 0 fully saturated rings. The SMILES string of the molecule is CCC[CH2][Sn]([CH2]CCC)([CH2]CCC)[c]1cn(CCC)cn1. The molecule has 1 rings (SSSR count). The van der Waals surface area contributed by atoms with Crippen LogP contribution >= 0.6 is 0 Å². The molecule has 1 aromatic heterocycles. The van der Waals surface area contributed by atoms with E-state index in [-0.39, 0.29) is 0 Å². The van der Waals surface area contributed by atoms with E-state index in [0.717, 1.165) is 6.54 Å². The second-order valence-electron chi connectivity index (χ2n) is 6.59. The van der Waals surface area contributed by atoms with E-state index < -0.39 is 18.4 Å². The van der Waals surface area contributed by atoms with E-state index in [1.54, 1.807) is 3.71 Å². The van der Waals surface area contributed by atoms with Crippen molar-refractivity contribution in [2.45, 2.75) is 92.5 Å². The summed E-state index contributed by atoms with van der Waals surface area (Å²) in [6, 6.07) is 0. The topological polar surface area (TPSA) is 17.8 Å². The van der Waals surface area contributed by atoms with Crippen LogP contribution in [0.4, 0.5) is 0 Å². The molecule has 0 saturated heterocycles. The fourth-order valence-corrected chi connectivity index (χ4v) is 18.7. The molecule has 0 aliphatic heterocycles. The van der Waals surface area contributed by atoms with Crippen molar-refractivity contribution in [1.82, 2.24) is 9.55 Å². The maximum absolute atomic E-state index is 4.92. The molecule has 1 heterocycles. The molecule has 2 nitrogen and oxygen atoms in total. The molecule has 0 aliphatic rings. The van der Waals surface area contributed by atoms with Crippen LogP contribution in [0.1, 0.15) is 72.6 Å². The summed E-state index contributed by atoms with van der Waals surface area (Å²) in [7, 11) is 0. The van der Waals surface area contributed by atoms with Crippen LogP contribution in [0.3, 0.4) is 0 Å². The third kappa shape index (κ3) is 5.96. The van der Waals surface area contributed by atoms with Gasteiger partial charge in [0.25, 0.3) is 0 Å². The van der Waals surface area contributed by atoms with Gasteiger partial charge >= 0.3 is 137 Å². The van der Waals surface area contributed by atoms with Gasteiger partial charge in [0.05, 0.1) is 0 Å². The van der Waals surface area contributed by atoms with Gasteiger partial charge in [-0.05, 0) is 0 Å². The Morgan fingerprint density at radius 2 is 1.38 bits per heavy atom. The van der Waals surface area contributed by atoms with Crippen LogP contribution in [-0.2, 0) is 6.54 Å². The number of imidazole rings is 1. The summed E-state index contributed by atoms with van der Waals surface area (Å²) in [5.74, 6) is 0. The molecule has 0 saturated carbocycles. The molecule has 0 aliphatic carbocycles.